The van der Waals surface area contributed by atoms with E-state index in [1.807, 2.05) is 6.92 Å². The van der Waals surface area contributed by atoms with Crippen molar-refractivity contribution in [3.8, 4) is 0 Å². The summed E-state index contributed by atoms with van der Waals surface area (Å²) in [5.41, 5.74) is 0.264. The van der Waals surface area contributed by atoms with Crippen LogP contribution in [-0.4, -0.2) is 23.2 Å². The summed E-state index contributed by atoms with van der Waals surface area (Å²) in [6.45, 7) is 1.98. The van der Waals surface area contributed by atoms with Crippen LogP contribution < -0.4 is 5.32 Å². The zero-order chi connectivity index (χ0) is 14.0. The average Bonchev–Trinajstić information content (AvgIpc) is 2.35. The highest BCUT2D eigenvalue weighted by Crippen LogP contribution is 2.31. The SMILES string of the molecule is CCC(NC(=O)c1ccc(Cl)c(F)c1)C1CC(O)C1. The summed E-state index contributed by atoms with van der Waals surface area (Å²) in [4.78, 5) is 12.0. The molecule has 0 heterocycles. The van der Waals surface area contributed by atoms with E-state index in [-0.39, 0.29) is 28.6 Å². The highest BCUT2D eigenvalue weighted by molar-refractivity contribution is 6.30. The van der Waals surface area contributed by atoms with E-state index >= 15 is 0 Å². The van der Waals surface area contributed by atoms with Gasteiger partial charge in [0.15, 0.2) is 0 Å². The molecule has 104 valence electrons. The molecule has 1 aromatic carbocycles. The number of hydrogen-bond donors (Lipinski definition) is 2. The molecule has 5 heteroatoms. The van der Waals surface area contributed by atoms with Crippen molar-refractivity contribution in [2.45, 2.75) is 38.3 Å². The number of aliphatic hydroxyl groups is 1. The second-order valence-electron chi connectivity index (χ2n) is 5.00. The predicted molar refractivity (Wildman–Crippen MR) is 71.7 cm³/mol. The van der Waals surface area contributed by atoms with Gasteiger partial charge in [0.05, 0.1) is 11.1 Å². The summed E-state index contributed by atoms with van der Waals surface area (Å²) in [6.07, 6.45) is 1.98. The first-order chi connectivity index (χ1) is 9.01. The number of carbonyl (C=O) groups excluding carboxylic acids is 1. The van der Waals surface area contributed by atoms with Crippen molar-refractivity contribution in [1.29, 1.82) is 0 Å². The van der Waals surface area contributed by atoms with Gasteiger partial charge < -0.3 is 10.4 Å². The second kappa shape index (κ2) is 5.88. The van der Waals surface area contributed by atoms with Gasteiger partial charge in [-0.25, -0.2) is 4.39 Å². The Hall–Kier alpha value is -1.13. The first-order valence-corrected chi connectivity index (χ1v) is 6.83. The molecular formula is C14H17ClFNO2. The van der Waals surface area contributed by atoms with Crippen molar-refractivity contribution in [1.82, 2.24) is 5.32 Å². The maximum Gasteiger partial charge on any atom is 0.251 e. The third-order valence-corrected chi connectivity index (χ3v) is 3.96. The Morgan fingerprint density at radius 2 is 2.26 bits per heavy atom. The first kappa shape index (κ1) is 14.3. The number of amides is 1. The van der Waals surface area contributed by atoms with Crippen molar-refractivity contribution in [3.05, 3.63) is 34.6 Å². The molecule has 0 saturated heterocycles. The minimum atomic E-state index is -0.596. The number of carbonyl (C=O) groups is 1. The van der Waals surface area contributed by atoms with Crippen LogP contribution >= 0.6 is 11.6 Å². The fraction of sp³-hybridized carbons (Fsp3) is 0.500. The summed E-state index contributed by atoms with van der Waals surface area (Å²) < 4.78 is 13.3. The Morgan fingerprint density at radius 3 is 2.79 bits per heavy atom. The molecule has 1 unspecified atom stereocenters. The highest BCUT2D eigenvalue weighted by Gasteiger charge is 2.33. The standard InChI is InChI=1S/C14H17ClFNO2/c1-2-13(9-5-10(18)6-9)17-14(19)8-3-4-11(15)12(16)7-8/h3-4,7,9-10,13,18H,2,5-6H2,1H3,(H,17,19). The van der Waals surface area contributed by atoms with E-state index in [2.05, 4.69) is 5.32 Å². The van der Waals surface area contributed by atoms with E-state index in [1.165, 1.54) is 12.1 Å². The molecule has 1 aromatic rings. The predicted octanol–water partition coefficient (Wildman–Crippen LogP) is 2.76. The number of halogens is 2. The molecule has 0 aromatic heterocycles. The normalized spacial score (nSPS) is 23.6. The van der Waals surface area contributed by atoms with Crippen molar-refractivity contribution in [2.75, 3.05) is 0 Å². The Bertz CT molecular complexity index is 475. The van der Waals surface area contributed by atoms with Crippen LogP contribution in [0.5, 0.6) is 0 Å². The van der Waals surface area contributed by atoms with Crippen LogP contribution in [0.4, 0.5) is 4.39 Å². The number of benzene rings is 1. The minimum absolute atomic E-state index is 0.00528. The smallest absolute Gasteiger partial charge is 0.251 e. The Balaban J connectivity index is 2.00. The van der Waals surface area contributed by atoms with Gasteiger partial charge in [0.25, 0.3) is 5.91 Å². The Kier molecular flexibility index (Phi) is 4.42. The maximum absolute atomic E-state index is 13.3. The van der Waals surface area contributed by atoms with E-state index in [1.54, 1.807) is 0 Å². The molecule has 0 bridgehead atoms. The van der Waals surface area contributed by atoms with Gasteiger partial charge in [-0.1, -0.05) is 18.5 Å². The van der Waals surface area contributed by atoms with Gasteiger partial charge in [-0.05, 0) is 43.4 Å². The fourth-order valence-electron chi connectivity index (χ4n) is 2.40. The first-order valence-electron chi connectivity index (χ1n) is 6.45. The van der Waals surface area contributed by atoms with Crippen LogP contribution in [0.3, 0.4) is 0 Å². The van der Waals surface area contributed by atoms with Crippen LogP contribution in [-0.2, 0) is 0 Å². The van der Waals surface area contributed by atoms with Crippen molar-refractivity contribution in [3.63, 3.8) is 0 Å². The second-order valence-corrected chi connectivity index (χ2v) is 5.41. The zero-order valence-corrected chi connectivity index (χ0v) is 11.5. The monoisotopic (exact) mass is 285 g/mol. The van der Waals surface area contributed by atoms with Crippen molar-refractivity contribution in [2.24, 2.45) is 5.92 Å². The number of rotatable bonds is 4. The van der Waals surface area contributed by atoms with Crippen LogP contribution in [0.2, 0.25) is 5.02 Å². The van der Waals surface area contributed by atoms with Gasteiger partial charge >= 0.3 is 0 Å². The maximum atomic E-state index is 13.3. The quantitative estimate of drug-likeness (QED) is 0.894. The molecule has 0 aliphatic heterocycles. The lowest BCUT2D eigenvalue weighted by molar-refractivity contribution is 0.0232. The molecular weight excluding hydrogens is 269 g/mol. The number of aliphatic hydroxyl groups excluding tert-OH is 1. The molecule has 1 aliphatic carbocycles. The van der Waals surface area contributed by atoms with E-state index in [0.29, 0.717) is 18.8 Å². The molecule has 1 aliphatic rings. The highest BCUT2D eigenvalue weighted by atomic mass is 35.5. The molecule has 19 heavy (non-hydrogen) atoms. The van der Waals surface area contributed by atoms with Crippen molar-refractivity contribution < 1.29 is 14.3 Å². The van der Waals surface area contributed by atoms with E-state index < -0.39 is 5.82 Å². The molecule has 0 spiro atoms. The largest absolute Gasteiger partial charge is 0.393 e. The third-order valence-electron chi connectivity index (χ3n) is 3.66. The molecule has 2 rings (SSSR count). The lowest BCUT2D eigenvalue weighted by Gasteiger charge is -2.37. The molecule has 0 radical (unpaired) electrons. The molecule has 1 fully saturated rings. The van der Waals surface area contributed by atoms with Crippen LogP contribution in [0.1, 0.15) is 36.5 Å². The van der Waals surface area contributed by atoms with E-state index in [9.17, 15) is 14.3 Å². The molecule has 3 nitrogen and oxygen atoms in total. The van der Waals surface area contributed by atoms with Gasteiger partial charge in [0.2, 0.25) is 0 Å². The fourth-order valence-corrected chi connectivity index (χ4v) is 2.52. The molecule has 1 saturated carbocycles. The minimum Gasteiger partial charge on any atom is -0.393 e. The lowest BCUT2D eigenvalue weighted by atomic mass is 9.76. The summed E-state index contributed by atoms with van der Waals surface area (Å²) in [7, 11) is 0. The average molecular weight is 286 g/mol. The van der Waals surface area contributed by atoms with Crippen LogP contribution in [0.25, 0.3) is 0 Å². The third kappa shape index (κ3) is 3.25. The van der Waals surface area contributed by atoms with E-state index in [0.717, 1.165) is 12.5 Å². The summed E-state index contributed by atoms with van der Waals surface area (Å²) in [5, 5.41) is 12.2. The zero-order valence-electron chi connectivity index (χ0n) is 10.7. The van der Waals surface area contributed by atoms with Crippen molar-refractivity contribution >= 4 is 17.5 Å². The summed E-state index contributed by atoms with van der Waals surface area (Å²) in [6, 6.07) is 4.04. The number of hydrogen-bond acceptors (Lipinski definition) is 2. The summed E-state index contributed by atoms with van der Waals surface area (Å²) in [5.74, 6) is -0.591. The Labute approximate surface area is 116 Å². The molecule has 2 N–H and O–H groups in total. The van der Waals surface area contributed by atoms with Crippen LogP contribution in [0, 0.1) is 11.7 Å². The number of nitrogens with one attached hydrogen (secondary N) is 1. The van der Waals surface area contributed by atoms with Crippen LogP contribution in [0.15, 0.2) is 18.2 Å². The van der Waals surface area contributed by atoms with Gasteiger partial charge in [0.1, 0.15) is 5.82 Å². The van der Waals surface area contributed by atoms with Gasteiger partial charge in [-0.2, -0.15) is 0 Å². The molecule has 1 atom stereocenters. The Morgan fingerprint density at radius 1 is 1.58 bits per heavy atom. The topological polar surface area (TPSA) is 49.3 Å². The van der Waals surface area contributed by atoms with Gasteiger partial charge in [-0.15, -0.1) is 0 Å². The van der Waals surface area contributed by atoms with Gasteiger partial charge in [-0.3, -0.25) is 4.79 Å². The lowest BCUT2D eigenvalue weighted by Crippen LogP contribution is -2.46. The summed E-state index contributed by atoms with van der Waals surface area (Å²) >= 11 is 5.58. The molecule has 1 amide bonds. The van der Waals surface area contributed by atoms with E-state index in [4.69, 9.17) is 11.6 Å². The van der Waals surface area contributed by atoms with Gasteiger partial charge in [0, 0.05) is 11.6 Å².